The van der Waals surface area contributed by atoms with Gasteiger partial charge in [0.25, 0.3) is 0 Å². The summed E-state index contributed by atoms with van der Waals surface area (Å²) in [5.74, 6) is 0.842. The predicted octanol–water partition coefficient (Wildman–Crippen LogP) is 1.63. The van der Waals surface area contributed by atoms with Crippen molar-refractivity contribution in [2.24, 2.45) is 0 Å². The van der Waals surface area contributed by atoms with Crippen molar-refractivity contribution < 1.29 is 9.47 Å². The topological polar surface area (TPSA) is 36.3 Å². The van der Waals surface area contributed by atoms with Crippen molar-refractivity contribution in [1.29, 1.82) is 0 Å². The first kappa shape index (κ1) is 9.52. The van der Waals surface area contributed by atoms with E-state index in [0.29, 0.717) is 12.6 Å². The summed E-state index contributed by atoms with van der Waals surface area (Å²) in [6.07, 6.45) is 4.88. The van der Waals surface area contributed by atoms with Crippen molar-refractivity contribution >= 4 is 0 Å². The smallest absolute Gasteiger partial charge is 0.157 e. The molecule has 0 saturated carbocycles. The molecule has 1 aromatic heterocycles. The number of hydrogen-bond acceptors (Lipinski definition) is 3. The van der Waals surface area contributed by atoms with Crippen LogP contribution in [0.5, 0.6) is 5.75 Å². The van der Waals surface area contributed by atoms with Gasteiger partial charge in [0, 0.05) is 12.5 Å². The maximum Gasteiger partial charge on any atom is 0.157 e. The second-order valence-electron chi connectivity index (χ2n) is 3.85. The minimum atomic E-state index is 0.208. The zero-order valence-corrected chi connectivity index (χ0v) is 8.64. The molecule has 0 radical (unpaired) electrons. The van der Waals surface area contributed by atoms with Gasteiger partial charge in [-0.1, -0.05) is 0 Å². The molecule has 1 aliphatic rings. The van der Waals surface area contributed by atoms with E-state index >= 15 is 0 Å². The average Bonchev–Trinajstić information content (AvgIpc) is 2.75. The van der Waals surface area contributed by atoms with Crippen molar-refractivity contribution in [3.05, 3.63) is 12.4 Å². The van der Waals surface area contributed by atoms with Gasteiger partial charge in [-0.3, -0.25) is 4.68 Å². The van der Waals surface area contributed by atoms with Gasteiger partial charge in [0.05, 0.1) is 25.6 Å². The van der Waals surface area contributed by atoms with Crippen LogP contribution in [0.15, 0.2) is 12.4 Å². The first-order valence-corrected chi connectivity index (χ1v) is 5.04. The molecule has 1 fully saturated rings. The molecule has 1 aliphatic heterocycles. The third-order valence-electron chi connectivity index (χ3n) is 2.30. The van der Waals surface area contributed by atoms with Gasteiger partial charge in [-0.05, 0) is 13.8 Å². The molecule has 4 nitrogen and oxygen atoms in total. The largest absolute Gasteiger partial charge is 0.485 e. The second-order valence-corrected chi connectivity index (χ2v) is 3.85. The normalized spacial score (nSPS) is 21.8. The third kappa shape index (κ3) is 2.07. The maximum absolute atomic E-state index is 5.70. The Balaban J connectivity index is 1.95. The highest BCUT2D eigenvalue weighted by Gasteiger charge is 2.17. The Bertz CT molecular complexity index is 290. The lowest BCUT2D eigenvalue weighted by Gasteiger charge is -2.08. The summed E-state index contributed by atoms with van der Waals surface area (Å²) < 4.78 is 12.8. The highest BCUT2D eigenvalue weighted by atomic mass is 16.5. The van der Waals surface area contributed by atoms with Gasteiger partial charge in [0.1, 0.15) is 6.10 Å². The predicted molar refractivity (Wildman–Crippen MR) is 52.5 cm³/mol. The van der Waals surface area contributed by atoms with E-state index in [1.54, 1.807) is 6.20 Å². The summed E-state index contributed by atoms with van der Waals surface area (Å²) >= 11 is 0. The van der Waals surface area contributed by atoms with Gasteiger partial charge >= 0.3 is 0 Å². The summed E-state index contributed by atoms with van der Waals surface area (Å²) in [5, 5.41) is 4.21. The minimum absolute atomic E-state index is 0.208. The molecule has 0 N–H and O–H groups in total. The van der Waals surface area contributed by atoms with Gasteiger partial charge in [0.15, 0.2) is 5.75 Å². The number of aromatic nitrogens is 2. The summed E-state index contributed by atoms with van der Waals surface area (Å²) in [4.78, 5) is 0. The van der Waals surface area contributed by atoms with Crippen LogP contribution < -0.4 is 4.74 Å². The highest BCUT2D eigenvalue weighted by molar-refractivity contribution is 5.12. The van der Waals surface area contributed by atoms with Gasteiger partial charge < -0.3 is 9.47 Å². The summed E-state index contributed by atoms with van der Waals surface area (Å²) in [6, 6.07) is 0.382. The van der Waals surface area contributed by atoms with Crippen molar-refractivity contribution in [1.82, 2.24) is 9.78 Å². The molecule has 0 bridgehead atoms. The van der Waals surface area contributed by atoms with E-state index < -0.39 is 0 Å². The van der Waals surface area contributed by atoms with E-state index in [1.165, 1.54) is 0 Å². The van der Waals surface area contributed by atoms with E-state index in [-0.39, 0.29) is 6.10 Å². The summed E-state index contributed by atoms with van der Waals surface area (Å²) in [6.45, 7) is 5.70. The summed E-state index contributed by atoms with van der Waals surface area (Å²) in [7, 11) is 0. The maximum atomic E-state index is 5.70. The van der Waals surface area contributed by atoms with E-state index in [1.807, 2.05) is 10.9 Å². The number of nitrogens with zero attached hydrogens (tertiary/aromatic N) is 2. The van der Waals surface area contributed by atoms with Crippen LogP contribution in [0.1, 0.15) is 26.3 Å². The van der Waals surface area contributed by atoms with Crippen LogP contribution in [-0.2, 0) is 4.74 Å². The Morgan fingerprint density at radius 2 is 2.50 bits per heavy atom. The van der Waals surface area contributed by atoms with Gasteiger partial charge in [-0.2, -0.15) is 5.10 Å². The summed E-state index contributed by atoms with van der Waals surface area (Å²) in [5.41, 5.74) is 0. The molecule has 1 unspecified atom stereocenters. The average molecular weight is 196 g/mol. The van der Waals surface area contributed by atoms with Gasteiger partial charge in [-0.25, -0.2) is 0 Å². The Morgan fingerprint density at radius 3 is 3.07 bits per heavy atom. The van der Waals surface area contributed by atoms with Crippen LogP contribution in [0.25, 0.3) is 0 Å². The van der Waals surface area contributed by atoms with Gasteiger partial charge in [0.2, 0.25) is 0 Å². The van der Waals surface area contributed by atoms with Crippen LogP contribution in [0.4, 0.5) is 0 Å². The molecule has 0 aromatic carbocycles. The van der Waals surface area contributed by atoms with Crippen LogP contribution in [-0.4, -0.2) is 29.1 Å². The van der Waals surface area contributed by atoms with Crippen LogP contribution in [0, 0.1) is 0 Å². The molecule has 4 heteroatoms. The molecular weight excluding hydrogens is 180 g/mol. The third-order valence-corrected chi connectivity index (χ3v) is 2.30. The Morgan fingerprint density at radius 1 is 1.64 bits per heavy atom. The number of hydrogen-bond donors (Lipinski definition) is 0. The molecule has 78 valence electrons. The Labute approximate surface area is 83.8 Å². The van der Waals surface area contributed by atoms with E-state index in [9.17, 15) is 0 Å². The van der Waals surface area contributed by atoms with E-state index in [2.05, 4.69) is 18.9 Å². The molecule has 2 heterocycles. The fraction of sp³-hybridized carbons (Fsp3) is 0.700. The van der Waals surface area contributed by atoms with E-state index in [0.717, 1.165) is 18.8 Å². The molecule has 1 atom stereocenters. The second kappa shape index (κ2) is 4.00. The van der Waals surface area contributed by atoms with Crippen molar-refractivity contribution in [2.45, 2.75) is 32.4 Å². The SMILES string of the molecule is CC(C)n1cc(OC2CCOC2)cn1. The molecule has 0 spiro atoms. The molecule has 0 aliphatic carbocycles. The van der Waals surface area contributed by atoms with Crippen LogP contribution >= 0.6 is 0 Å². The van der Waals surface area contributed by atoms with Crippen LogP contribution in [0.2, 0.25) is 0 Å². The lowest BCUT2D eigenvalue weighted by Crippen LogP contribution is -2.15. The number of rotatable bonds is 3. The quantitative estimate of drug-likeness (QED) is 0.737. The van der Waals surface area contributed by atoms with Gasteiger partial charge in [-0.15, -0.1) is 0 Å². The Hall–Kier alpha value is -1.03. The van der Waals surface area contributed by atoms with Crippen molar-refractivity contribution in [3.63, 3.8) is 0 Å². The molecule has 14 heavy (non-hydrogen) atoms. The molecule has 1 aromatic rings. The van der Waals surface area contributed by atoms with Crippen LogP contribution in [0.3, 0.4) is 0 Å². The fourth-order valence-corrected chi connectivity index (χ4v) is 1.46. The minimum Gasteiger partial charge on any atom is -0.485 e. The molecule has 0 amide bonds. The Kier molecular flexibility index (Phi) is 2.72. The zero-order chi connectivity index (χ0) is 9.97. The fourth-order valence-electron chi connectivity index (χ4n) is 1.46. The lowest BCUT2D eigenvalue weighted by molar-refractivity contribution is 0.141. The lowest BCUT2D eigenvalue weighted by atomic mass is 10.3. The first-order chi connectivity index (χ1) is 6.75. The molecular formula is C10H16N2O2. The molecule has 2 rings (SSSR count). The number of ether oxygens (including phenoxy) is 2. The van der Waals surface area contributed by atoms with Crippen molar-refractivity contribution in [3.8, 4) is 5.75 Å². The zero-order valence-electron chi connectivity index (χ0n) is 8.64. The highest BCUT2D eigenvalue weighted by Crippen LogP contribution is 2.17. The monoisotopic (exact) mass is 196 g/mol. The van der Waals surface area contributed by atoms with E-state index in [4.69, 9.17) is 9.47 Å². The van der Waals surface area contributed by atoms with Crippen molar-refractivity contribution in [2.75, 3.05) is 13.2 Å². The molecule has 1 saturated heterocycles. The first-order valence-electron chi connectivity index (χ1n) is 5.04. The standard InChI is InChI=1S/C10H16N2O2/c1-8(2)12-6-10(5-11-12)14-9-3-4-13-7-9/h5-6,8-9H,3-4,7H2,1-2H3.